The van der Waals surface area contributed by atoms with Crippen molar-refractivity contribution < 1.29 is 14.8 Å². The molecule has 14 heteroatoms. The topological polar surface area (TPSA) is 222 Å². The lowest BCUT2D eigenvalue weighted by Crippen LogP contribution is -2.33. The van der Waals surface area contributed by atoms with Crippen LogP contribution in [0, 0.1) is 32.9 Å². The molecule has 152 valence electrons. The third-order valence-electron chi connectivity index (χ3n) is 4.27. The molecule has 1 aliphatic heterocycles. The highest BCUT2D eigenvalue weighted by atomic mass is 79.9. The van der Waals surface area contributed by atoms with Crippen molar-refractivity contribution in [3.05, 3.63) is 37.3 Å². The second kappa shape index (κ2) is 7.61. The fourth-order valence-electron chi connectivity index (χ4n) is 2.96. The van der Waals surface area contributed by atoms with E-state index < -0.39 is 22.4 Å². The molecule has 2 heterocycles. The van der Waals surface area contributed by atoms with Crippen molar-refractivity contribution in [1.29, 1.82) is 10.5 Å². The molecular formula is C16H12BrN9O4. The van der Waals surface area contributed by atoms with Crippen LogP contribution in [0.3, 0.4) is 0 Å². The van der Waals surface area contributed by atoms with Crippen LogP contribution in [-0.4, -0.2) is 28.1 Å². The number of nitro groups is 1. The molecule has 1 unspecified atom stereocenters. The molecule has 0 spiro atoms. The van der Waals surface area contributed by atoms with Gasteiger partial charge in [-0.15, -0.1) is 0 Å². The number of methoxy groups -OCH3 is 1. The lowest BCUT2D eigenvalue weighted by molar-refractivity contribution is -0.385. The Labute approximate surface area is 176 Å². The van der Waals surface area contributed by atoms with Crippen LogP contribution < -0.4 is 26.8 Å². The number of nitriles is 2. The number of nitrogens with one attached hydrogen (secondary N) is 2. The number of aliphatic imine (C=N–C) groups is 1. The highest BCUT2D eigenvalue weighted by molar-refractivity contribution is 9.10. The van der Waals surface area contributed by atoms with Gasteiger partial charge in [-0.2, -0.15) is 10.5 Å². The number of nitro benzene ring substituents is 1. The summed E-state index contributed by atoms with van der Waals surface area (Å²) in [6, 6.07) is 1.67. The molecule has 30 heavy (non-hydrogen) atoms. The number of benzene rings is 1. The fraction of sp³-hybridized carbons (Fsp3) is 0.125. The molecule has 0 saturated carbocycles. The van der Waals surface area contributed by atoms with Crippen molar-refractivity contribution in [1.82, 2.24) is 10.3 Å². The number of aromatic nitrogens is 1. The minimum absolute atomic E-state index is 0.0542. The average Bonchev–Trinajstić information content (AvgIpc) is 2.68. The maximum Gasteiger partial charge on any atom is 0.287 e. The highest BCUT2D eigenvalue weighted by Gasteiger charge is 2.36. The van der Waals surface area contributed by atoms with Gasteiger partial charge in [0.05, 0.1) is 23.8 Å². The zero-order valence-corrected chi connectivity index (χ0v) is 16.7. The van der Waals surface area contributed by atoms with Crippen LogP contribution in [0.15, 0.2) is 15.5 Å². The van der Waals surface area contributed by atoms with E-state index in [-0.39, 0.29) is 50.2 Å². The number of guanidine groups is 1. The normalized spacial score (nSPS) is 14.4. The number of fused-ring (bicyclic) bond motifs is 1. The summed E-state index contributed by atoms with van der Waals surface area (Å²) < 4.78 is 4.95. The van der Waals surface area contributed by atoms with E-state index in [1.807, 2.05) is 6.07 Å². The summed E-state index contributed by atoms with van der Waals surface area (Å²) in [5, 5.41) is 45.6. The van der Waals surface area contributed by atoms with Gasteiger partial charge in [-0.3, -0.25) is 15.4 Å². The van der Waals surface area contributed by atoms with E-state index in [0.717, 1.165) is 6.07 Å². The Hall–Kier alpha value is -4.30. The zero-order valence-electron chi connectivity index (χ0n) is 15.1. The molecule has 1 aliphatic rings. The first kappa shape index (κ1) is 20.4. The van der Waals surface area contributed by atoms with Gasteiger partial charge in [0.2, 0.25) is 5.96 Å². The molecule has 3 rings (SSSR count). The van der Waals surface area contributed by atoms with Gasteiger partial charge in [-0.1, -0.05) is 0 Å². The van der Waals surface area contributed by atoms with Crippen LogP contribution in [0.25, 0.3) is 0 Å². The van der Waals surface area contributed by atoms with E-state index in [2.05, 4.69) is 36.5 Å². The van der Waals surface area contributed by atoms with Gasteiger partial charge in [-0.25, -0.2) is 9.98 Å². The molecule has 1 aromatic heterocycles. The van der Waals surface area contributed by atoms with Crippen LogP contribution in [0.5, 0.6) is 11.5 Å². The Balaban J connectivity index is 2.42. The van der Waals surface area contributed by atoms with Gasteiger partial charge < -0.3 is 26.6 Å². The molecule has 0 saturated heterocycles. The third kappa shape index (κ3) is 3.11. The largest absolute Gasteiger partial charge is 0.504 e. The monoisotopic (exact) mass is 473 g/mol. The minimum atomic E-state index is -1.21. The van der Waals surface area contributed by atoms with Gasteiger partial charge in [0.1, 0.15) is 33.8 Å². The number of pyridine rings is 1. The summed E-state index contributed by atoms with van der Waals surface area (Å²) in [4.78, 5) is 19.2. The SMILES string of the molecule is COc1cc([N+](=O)[O-])c(Br)c(C2N=C(NC#N)Nc3nc(N)c(C#N)c(N)c32)c1O. The van der Waals surface area contributed by atoms with Crippen molar-refractivity contribution in [2.24, 2.45) is 4.99 Å². The quantitative estimate of drug-likeness (QED) is 0.185. The number of rotatable bonds is 3. The molecule has 0 aliphatic carbocycles. The molecule has 2 aromatic rings. The van der Waals surface area contributed by atoms with E-state index in [1.165, 1.54) is 7.11 Å². The number of phenols is 1. The highest BCUT2D eigenvalue weighted by Crippen LogP contribution is 2.50. The Morgan fingerprint density at radius 3 is 2.70 bits per heavy atom. The summed E-state index contributed by atoms with van der Waals surface area (Å²) in [6.07, 6.45) is 1.68. The number of phenolic OH excluding ortho intramolecular Hbond substituents is 1. The van der Waals surface area contributed by atoms with E-state index in [0.29, 0.717) is 0 Å². The van der Waals surface area contributed by atoms with Gasteiger partial charge >= 0.3 is 0 Å². The number of ether oxygens (including phenoxy) is 1. The maximum absolute atomic E-state index is 11.5. The standard InChI is InChI=1S/C16H12BrN9O4/c1-30-7-2-6(26(28)29)10(17)8(13(7)27)12-9-11(20)5(3-18)14(21)24-15(9)25-16(23-12)22-4-19/h2,12,27H,1H3,(H6,20,21,22,23,24,25). The Bertz CT molecular complexity index is 1200. The van der Waals surface area contributed by atoms with Crippen molar-refractivity contribution in [2.45, 2.75) is 6.04 Å². The van der Waals surface area contributed by atoms with Crippen LogP contribution in [0.1, 0.15) is 22.7 Å². The lowest BCUT2D eigenvalue weighted by Gasteiger charge is -2.27. The van der Waals surface area contributed by atoms with E-state index in [4.69, 9.17) is 21.5 Å². The predicted molar refractivity (Wildman–Crippen MR) is 108 cm³/mol. The molecule has 13 nitrogen and oxygen atoms in total. The number of hydrogen-bond donors (Lipinski definition) is 5. The number of nitrogens with zero attached hydrogens (tertiary/aromatic N) is 5. The number of halogens is 1. The fourth-order valence-corrected chi connectivity index (χ4v) is 3.62. The Morgan fingerprint density at radius 1 is 1.43 bits per heavy atom. The average molecular weight is 474 g/mol. The third-order valence-corrected chi connectivity index (χ3v) is 5.10. The molecule has 0 bridgehead atoms. The lowest BCUT2D eigenvalue weighted by atomic mass is 9.93. The van der Waals surface area contributed by atoms with Crippen LogP contribution in [-0.2, 0) is 0 Å². The van der Waals surface area contributed by atoms with Crippen LogP contribution in [0.2, 0.25) is 0 Å². The smallest absolute Gasteiger partial charge is 0.287 e. The summed E-state index contributed by atoms with van der Waals surface area (Å²) >= 11 is 3.13. The zero-order chi connectivity index (χ0) is 22.2. The van der Waals surface area contributed by atoms with Gasteiger partial charge in [0.25, 0.3) is 5.69 Å². The summed E-state index contributed by atoms with van der Waals surface area (Å²) in [5.74, 6) is -0.838. The first-order valence-electron chi connectivity index (χ1n) is 7.97. The number of nitrogen functional groups attached to an aromatic ring is 2. The molecule has 0 amide bonds. The second-order valence-electron chi connectivity index (χ2n) is 5.83. The number of nitrogens with two attached hydrogens (primary N) is 2. The Kier molecular flexibility index (Phi) is 5.18. The first-order chi connectivity index (χ1) is 14.2. The number of hydrogen-bond acceptors (Lipinski definition) is 12. The molecular weight excluding hydrogens is 462 g/mol. The maximum atomic E-state index is 11.5. The predicted octanol–water partition coefficient (Wildman–Crippen LogP) is 1.44. The number of anilines is 3. The van der Waals surface area contributed by atoms with Gasteiger partial charge in [0, 0.05) is 11.1 Å². The van der Waals surface area contributed by atoms with Gasteiger partial charge in [0.15, 0.2) is 17.7 Å². The van der Waals surface area contributed by atoms with E-state index in [9.17, 15) is 20.5 Å². The second-order valence-corrected chi connectivity index (χ2v) is 6.63. The minimum Gasteiger partial charge on any atom is -0.504 e. The van der Waals surface area contributed by atoms with Crippen LogP contribution >= 0.6 is 15.9 Å². The van der Waals surface area contributed by atoms with E-state index in [1.54, 1.807) is 6.19 Å². The van der Waals surface area contributed by atoms with Crippen molar-refractivity contribution >= 4 is 44.9 Å². The molecule has 0 fully saturated rings. The summed E-state index contributed by atoms with van der Waals surface area (Å²) in [6.45, 7) is 0. The molecule has 1 atom stereocenters. The molecule has 0 radical (unpaired) electrons. The van der Waals surface area contributed by atoms with Crippen LogP contribution in [0.4, 0.5) is 23.0 Å². The molecule has 1 aromatic carbocycles. The van der Waals surface area contributed by atoms with E-state index >= 15 is 0 Å². The summed E-state index contributed by atoms with van der Waals surface area (Å²) in [5.41, 5.74) is 11.3. The van der Waals surface area contributed by atoms with Crippen molar-refractivity contribution in [2.75, 3.05) is 23.9 Å². The summed E-state index contributed by atoms with van der Waals surface area (Å²) in [7, 11) is 1.23. The van der Waals surface area contributed by atoms with Gasteiger partial charge in [-0.05, 0) is 15.9 Å². The van der Waals surface area contributed by atoms with Crippen molar-refractivity contribution in [3.8, 4) is 23.8 Å². The number of aromatic hydroxyl groups is 1. The van der Waals surface area contributed by atoms with Crippen molar-refractivity contribution in [3.63, 3.8) is 0 Å². The first-order valence-corrected chi connectivity index (χ1v) is 8.76. The molecule has 7 N–H and O–H groups in total. The Morgan fingerprint density at radius 2 is 2.13 bits per heavy atom.